The minimum Gasteiger partial charge on any atom is -0.378 e. The van der Waals surface area contributed by atoms with Gasteiger partial charge in [0.1, 0.15) is 0 Å². The van der Waals surface area contributed by atoms with Gasteiger partial charge in [0.05, 0.1) is 18.1 Å². The van der Waals surface area contributed by atoms with Crippen LogP contribution in [0.3, 0.4) is 0 Å². The molecule has 0 spiro atoms. The monoisotopic (exact) mass is 294 g/mol. The third-order valence-corrected chi connectivity index (χ3v) is 3.39. The Morgan fingerprint density at radius 3 is 2.67 bits per heavy atom. The SMILES string of the molecule is NC(=O)CC(N)c1cc([N+](=O)[O-])ccc1N1CCOCC1. The van der Waals surface area contributed by atoms with Gasteiger partial charge in [0, 0.05) is 43.4 Å². The molecule has 1 saturated heterocycles. The molecule has 1 aromatic rings. The first-order chi connectivity index (χ1) is 9.99. The van der Waals surface area contributed by atoms with Crippen molar-refractivity contribution in [1.82, 2.24) is 0 Å². The average Bonchev–Trinajstić information content (AvgIpc) is 2.46. The van der Waals surface area contributed by atoms with Crippen molar-refractivity contribution in [2.45, 2.75) is 12.5 Å². The fraction of sp³-hybridized carbons (Fsp3) is 0.462. The number of anilines is 1. The Labute approximate surface area is 121 Å². The number of non-ortho nitro benzene ring substituents is 1. The second-order valence-electron chi connectivity index (χ2n) is 4.88. The van der Waals surface area contributed by atoms with Crippen molar-refractivity contribution in [3.63, 3.8) is 0 Å². The third-order valence-electron chi connectivity index (χ3n) is 3.39. The topological polar surface area (TPSA) is 125 Å². The van der Waals surface area contributed by atoms with Gasteiger partial charge < -0.3 is 21.1 Å². The van der Waals surface area contributed by atoms with Crippen LogP contribution < -0.4 is 16.4 Å². The molecule has 1 aliphatic rings. The number of morpholine rings is 1. The van der Waals surface area contributed by atoms with Gasteiger partial charge in [-0.05, 0) is 11.6 Å². The van der Waals surface area contributed by atoms with Gasteiger partial charge in [-0.3, -0.25) is 14.9 Å². The van der Waals surface area contributed by atoms with Crippen molar-refractivity contribution in [1.29, 1.82) is 0 Å². The standard InChI is InChI=1S/C13H18N4O4/c14-11(8-13(15)18)10-7-9(17(19)20)1-2-12(10)16-3-5-21-6-4-16/h1-2,7,11H,3-6,8,14H2,(H2,15,18). The van der Waals surface area contributed by atoms with E-state index in [4.69, 9.17) is 16.2 Å². The predicted molar refractivity (Wildman–Crippen MR) is 76.9 cm³/mol. The molecule has 0 bridgehead atoms. The lowest BCUT2D eigenvalue weighted by atomic mass is 10.0. The Morgan fingerprint density at radius 1 is 1.43 bits per heavy atom. The zero-order valence-electron chi connectivity index (χ0n) is 11.5. The van der Waals surface area contributed by atoms with E-state index in [1.165, 1.54) is 12.1 Å². The van der Waals surface area contributed by atoms with Gasteiger partial charge in [0.25, 0.3) is 5.69 Å². The van der Waals surface area contributed by atoms with E-state index in [0.29, 0.717) is 31.9 Å². The van der Waals surface area contributed by atoms with E-state index in [9.17, 15) is 14.9 Å². The molecule has 2 rings (SSSR count). The minimum absolute atomic E-state index is 0.0538. The molecule has 21 heavy (non-hydrogen) atoms. The van der Waals surface area contributed by atoms with Crippen LogP contribution in [0.25, 0.3) is 0 Å². The van der Waals surface area contributed by atoms with Crippen LogP contribution in [0.4, 0.5) is 11.4 Å². The molecule has 114 valence electrons. The Bertz CT molecular complexity index is 543. The molecule has 4 N–H and O–H groups in total. The van der Waals surface area contributed by atoms with Gasteiger partial charge >= 0.3 is 0 Å². The highest BCUT2D eigenvalue weighted by atomic mass is 16.6. The number of nitrogens with two attached hydrogens (primary N) is 2. The molecular formula is C13H18N4O4. The Hall–Kier alpha value is -2.19. The third kappa shape index (κ3) is 3.67. The van der Waals surface area contributed by atoms with E-state index in [-0.39, 0.29) is 12.1 Å². The maximum atomic E-state index is 11.1. The second-order valence-corrected chi connectivity index (χ2v) is 4.88. The number of hydrogen-bond acceptors (Lipinski definition) is 6. The number of nitrogens with zero attached hydrogens (tertiary/aromatic N) is 2. The average molecular weight is 294 g/mol. The number of carbonyl (C=O) groups excluding carboxylic acids is 1. The molecule has 1 amide bonds. The molecule has 1 fully saturated rings. The molecule has 1 atom stereocenters. The van der Waals surface area contributed by atoms with Crippen LogP contribution in [-0.4, -0.2) is 37.1 Å². The number of ether oxygens (including phenoxy) is 1. The highest BCUT2D eigenvalue weighted by Crippen LogP contribution is 2.31. The molecule has 0 saturated carbocycles. The molecule has 0 aromatic heterocycles. The molecular weight excluding hydrogens is 276 g/mol. The first-order valence-corrected chi connectivity index (χ1v) is 6.64. The first kappa shape index (κ1) is 15.2. The number of benzene rings is 1. The molecule has 1 aromatic carbocycles. The first-order valence-electron chi connectivity index (χ1n) is 6.64. The summed E-state index contributed by atoms with van der Waals surface area (Å²) < 4.78 is 5.29. The molecule has 1 unspecified atom stereocenters. The van der Waals surface area contributed by atoms with E-state index < -0.39 is 16.9 Å². The van der Waals surface area contributed by atoms with Crippen LogP contribution >= 0.6 is 0 Å². The highest BCUT2D eigenvalue weighted by molar-refractivity contribution is 5.75. The van der Waals surface area contributed by atoms with Crippen LogP contribution in [0.2, 0.25) is 0 Å². The maximum Gasteiger partial charge on any atom is 0.269 e. The second kappa shape index (κ2) is 6.51. The smallest absolute Gasteiger partial charge is 0.269 e. The highest BCUT2D eigenvalue weighted by Gasteiger charge is 2.22. The Kier molecular flexibility index (Phi) is 4.71. The van der Waals surface area contributed by atoms with Crippen LogP contribution in [0.5, 0.6) is 0 Å². The summed E-state index contributed by atoms with van der Waals surface area (Å²) in [7, 11) is 0. The van der Waals surface area contributed by atoms with Crippen LogP contribution in [0, 0.1) is 10.1 Å². The van der Waals surface area contributed by atoms with Crippen molar-refractivity contribution in [2.75, 3.05) is 31.2 Å². The lowest BCUT2D eigenvalue weighted by Crippen LogP contribution is -2.37. The van der Waals surface area contributed by atoms with Gasteiger partial charge in [0.2, 0.25) is 5.91 Å². The quantitative estimate of drug-likeness (QED) is 0.594. The van der Waals surface area contributed by atoms with Crippen molar-refractivity contribution in [2.24, 2.45) is 11.5 Å². The fourth-order valence-corrected chi connectivity index (χ4v) is 2.37. The lowest BCUT2D eigenvalue weighted by molar-refractivity contribution is -0.384. The number of carbonyl (C=O) groups is 1. The van der Waals surface area contributed by atoms with E-state index in [1.54, 1.807) is 6.07 Å². The summed E-state index contributed by atoms with van der Waals surface area (Å²) in [4.78, 5) is 23.6. The number of nitro benzene ring substituents is 1. The van der Waals surface area contributed by atoms with E-state index in [1.807, 2.05) is 4.90 Å². The van der Waals surface area contributed by atoms with E-state index in [0.717, 1.165) is 5.69 Å². The minimum atomic E-state index is -0.666. The summed E-state index contributed by atoms with van der Waals surface area (Å²) in [6, 6.07) is 3.85. The fourth-order valence-electron chi connectivity index (χ4n) is 2.37. The largest absolute Gasteiger partial charge is 0.378 e. The number of rotatable bonds is 5. The molecule has 8 nitrogen and oxygen atoms in total. The van der Waals surface area contributed by atoms with Gasteiger partial charge in [0.15, 0.2) is 0 Å². The summed E-state index contributed by atoms with van der Waals surface area (Å²) in [6.45, 7) is 2.52. The normalized spacial score (nSPS) is 16.5. The number of nitro groups is 1. The van der Waals surface area contributed by atoms with Crippen LogP contribution in [0.1, 0.15) is 18.0 Å². The van der Waals surface area contributed by atoms with Gasteiger partial charge in [-0.1, -0.05) is 0 Å². The predicted octanol–water partition coefficient (Wildman–Crippen LogP) is 0.307. The van der Waals surface area contributed by atoms with Gasteiger partial charge in [-0.25, -0.2) is 0 Å². The molecule has 0 radical (unpaired) electrons. The van der Waals surface area contributed by atoms with Crippen molar-refractivity contribution < 1.29 is 14.5 Å². The molecule has 1 heterocycles. The number of hydrogen-bond donors (Lipinski definition) is 2. The summed E-state index contributed by atoms with van der Waals surface area (Å²) in [5, 5.41) is 10.9. The van der Waals surface area contributed by atoms with Crippen LogP contribution in [-0.2, 0) is 9.53 Å². The van der Waals surface area contributed by atoms with Crippen molar-refractivity contribution in [3.05, 3.63) is 33.9 Å². The van der Waals surface area contributed by atoms with E-state index >= 15 is 0 Å². The van der Waals surface area contributed by atoms with E-state index in [2.05, 4.69) is 0 Å². The van der Waals surface area contributed by atoms with Gasteiger partial charge in [-0.2, -0.15) is 0 Å². The zero-order valence-corrected chi connectivity index (χ0v) is 11.5. The van der Waals surface area contributed by atoms with Crippen LogP contribution in [0.15, 0.2) is 18.2 Å². The van der Waals surface area contributed by atoms with Crippen molar-refractivity contribution >= 4 is 17.3 Å². The summed E-state index contributed by atoms with van der Waals surface area (Å²) >= 11 is 0. The summed E-state index contributed by atoms with van der Waals surface area (Å²) in [6.07, 6.45) is -0.0570. The maximum absolute atomic E-state index is 11.1. The van der Waals surface area contributed by atoms with Crippen molar-refractivity contribution in [3.8, 4) is 0 Å². The number of amides is 1. The van der Waals surface area contributed by atoms with Gasteiger partial charge in [-0.15, -0.1) is 0 Å². The Balaban J connectivity index is 2.37. The molecule has 8 heteroatoms. The Morgan fingerprint density at radius 2 is 2.10 bits per heavy atom. The summed E-state index contributed by atoms with van der Waals surface area (Å²) in [5.41, 5.74) is 12.5. The molecule has 1 aliphatic heterocycles. The number of primary amides is 1. The lowest BCUT2D eigenvalue weighted by Gasteiger charge is -2.31. The summed E-state index contributed by atoms with van der Waals surface area (Å²) in [5.74, 6) is -0.540. The molecule has 0 aliphatic carbocycles. The zero-order chi connectivity index (χ0) is 15.4.